The molecule has 1 unspecified atom stereocenters. The van der Waals surface area contributed by atoms with Crippen molar-refractivity contribution in [1.82, 2.24) is 29.4 Å². The molecule has 1 aliphatic carbocycles. The van der Waals surface area contributed by atoms with E-state index in [1.54, 1.807) is 24.3 Å². The summed E-state index contributed by atoms with van der Waals surface area (Å²) in [5.41, 5.74) is 8.03. The largest absolute Gasteiger partial charge is 0.487 e. The van der Waals surface area contributed by atoms with Crippen LogP contribution in [0.25, 0.3) is 17.2 Å². The Hall–Kier alpha value is -4.15. The van der Waals surface area contributed by atoms with Crippen molar-refractivity contribution in [2.75, 3.05) is 5.73 Å². The molecule has 5 aromatic rings. The van der Waals surface area contributed by atoms with Crippen LogP contribution in [-0.2, 0) is 6.61 Å². The number of nitrogen functional groups attached to an aromatic ring is 1. The van der Waals surface area contributed by atoms with Gasteiger partial charge in [0.1, 0.15) is 18.2 Å². The molecule has 0 amide bonds. The lowest BCUT2D eigenvalue weighted by atomic mass is 10.1. The molecular weight excluding hydrogens is 482 g/mol. The molecule has 1 aliphatic rings. The summed E-state index contributed by atoms with van der Waals surface area (Å²) < 4.78 is 8.77. The van der Waals surface area contributed by atoms with Crippen LogP contribution in [0.1, 0.15) is 41.9 Å². The quantitative estimate of drug-likeness (QED) is 0.309. The number of nitrogens with two attached hydrogens (primary N) is 1. The summed E-state index contributed by atoms with van der Waals surface area (Å²) in [6, 6.07) is 17.7. The molecule has 1 saturated carbocycles. The van der Waals surface area contributed by atoms with Crippen molar-refractivity contribution >= 4 is 23.2 Å². The number of hydrogen-bond donors (Lipinski definition) is 3. The minimum atomic E-state index is -1.19. The van der Waals surface area contributed by atoms with Crippen LogP contribution >= 0.6 is 11.6 Å². The summed E-state index contributed by atoms with van der Waals surface area (Å²) in [5, 5.41) is 18.8. The molecule has 0 saturated heterocycles. The van der Waals surface area contributed by atoms with E-state index in [0.717, 1.165) is 24.1 Å². The monoisotopic (exact) mass is 503 g/mol. The summed E-state index contributed by atoms with van der Waals surface area (Å²) >= 11 is 6.48. The Balaban J connectivity index is 1.29. The number of fused-ring (bicyclic) bond motifs is 1. The van der Waals surface area contributed by atoms with Crippen LogP contribution in [0.15, 0.2) is 65.5 Å². The van der Waals surface area contributed by atoms with Crippen molar-refractivity contribution in [3.05, 3.63) is 93.0 Å². The van der Waals surface area contributed by atoms with Crippen LogP contribution in [0.5, 0.6) is 5.75 Å². The summed E-state index contributed by atoms with van der Waals surface area (Å²) in [5.74, 6) is 1.75. The zero-order chi connectivity index (χ0) is 24.8. The van der Waals surface area contributed by atoms with E-state index in [0.29, 0.717) is 39.6 Å². The van der Waals surface area contributed by atoms with Crippen molar-refractivity contribution in [1.29, 1.82) is 0 Å². The lowest BCUT2D eigenvalue weighted by Crippen LogP contribution is -2.18. The first-order chi connectivity index (χ1) is 17.5. The lowest BCUT2D eigenvalue weighted by Gasteiger charge is -2.19. The number of benzene rings is 2. The molecule has 1 fully saturated rings. The van der Waals surface area contributed by atoms with Gasteiger partial charge in [0, 0.05) is 29.3 Å². The Morgan fingerprint density at radius 3 is 2.72 bits per heavy atom. The fraction of sp³-hybridized carbons (Fsp3) is 0.200. The third kappa shape index (κ3) is 4.10. The van der Waals surface area contributed by atoms with Gasteiger partial charge in [-0.3, -0.25) is 9.89 Å². The van der Waals surface area contributed by atoms with Crippen LogP contribution in [0, 0.1) is 0 Å². The molecular formula is C25H22ClN7O3. The standard InChI is InChI=1S/C25H22ClN7O3/c26-17-7-4-8-19(22(17)24(35)32-18(14-9-10-14)12-20(27)30-32)36-13-16-11-21(34)33-25(28-16)29-23(31-33)15-5-2-1-3-6-15/h1-8,11-12,14,24,35H,9-10,13H2,(H2,27,30)(H,28,29,31). The molecule has 11 heteroatoms. The van der Waals surface area contributed by atoms with E-state index in [1.807, 2.05) is 30.3 Å². The summed E-state index contributed by atoms with van der Waals surface area (Å²) in [6.07, 6.45) is 0.849. The highest BCUT2D eigenvalue weighted by Gasteiger charge is 2.31. The molecule has 0 aliphatic heterocycles. The van der Waals surface area contributed by atoms with Crippen LogP contribution in [0.2, 0.25) is 5.02 Å². The van der Waals surface area contributed by atoms with Gasteiger partial charge in [0.05, 0.1) is 16.3 Å². The second-order valence-electron chi connectivity index (χ2n) is 8.69. The Bertz CT molecular complexity index is 1620. The first-order valence-corrected chi connectivity index (χ1v) is 11.8. The summed E-state index contributed by atoms with van der Waals surface area (Å²) in [4.78, 5) is 21.6. The zero-order valence-corrected chi connectivity index (χ0v) is 19.8. The predicted octanol–water partition coefficient (Wildman–Crippen LogP) is 3.51. The fourth-order valence-corrected chi connectivity index (χ4v) is 4.47. The number of ether oxygens (including phenoxy) is 1. The average molecular weight is 504 g/mol. The maximum atomic E-state index is 12.7. The van der Waals surface area contributed by atoms with Gasteiger partial charge in [-0.15, -0.1) is 0 Å². The average Bonchev–Trinajstić information content (AvgIpc) is 3.51. The van der Waals surface area contributed by atoms with E-state index in [2.05, 4.69) is 20.2 Å². The number of aliphatic hydroxyl groups excluding tert-OH is 1. The number of H-pyrrole nitrogens is 1. The Labute approximate surface area is 209 Å². The molecule has 4 N–H and O–H groups in total. The summed E-state index contributed by atoms with van der Waals surface area (Å²) in [7, 11) is 0. The maximum Gasteiger partial charge on any atom is 0.274 e. The van der Waals surface area contributed by atoms with Gasteiger partial charge in [0.15, 0.2) is 12.1 Å². The van der Waals surface area contributed by atoms with E-state index < -0.39 is 6.23 Å². The van der Waals surface area contributed by atoms with E-state index in [9.17, 15) is 9.90 Å². The second-order valence-corrected chi connectivity index (χ2v) is 9.09. The summed E-state index contributed by atoms with van der Waals surface area (Å²) in [6.45, 7) is -0.0317. The number of halogens is 1. The highest BCUT2D eigenvalue weighted by molar-refractivity contribution is 6.31. The van der Waals surface area contributed by atoms with Crippen molar-refractivity contribution in [3.63, 3.8) is 0 Å². The van der Waals surface area contributed by atoms with Gasteiger partial charge in [-0.05, 0) is 25.0 Å². The van der Waals surface area contributed by atoms with Gasteiger partial charge in [-0.25, -0.2) is 9.67 Å². The first kappa shape index (κ1) is 22.3. The number of rotatable bonds is 7. The molecule has 182 valence electrons. The molecule has 0 bridgehead atoms. The van der Waals surface area contributed by atoms with Gasteiger partial charge in [-0.2, -0.15) is 14.6 Å². The molecule has 1 atom stereocenters. The van der Waals surface area contributed by atoms with Crippen molar-refractivity contribution < 1.29 is 9.84 Å². The molecule has 36 heavy (non-hydrogen) atoms. The van der Waals surface area contributed by atoms with Crippen molar-refractivity contribution in [3.8, 4) is 17.1 Å². The van der Waals surface area contributed by atoms with Crippen molar-refractivity contribution in [2.24, 2.45) is 0 Å². The molecule has 3 heterocycles. The van der Waals surface area contributed by atoms with Gasteiger partial charge < -0.3 is 15.6 Å². The number of nitrogens with zero attached hydrogens (tertiary/aromatic N) is 5. The highest BCUT2D eigenvalue weighted by atomic mass is 35.5. The van der Waals surface area contributed by atoms with Crippen molar-refractivity contribution in [2.45, 2.75) is 31.6 Å². The third-order valence-corrected chi connectivity index (χ3v) is 6.42. The van der Waals surface area contributed by atoms with Crippen LogP contribution in [-0.4, -0.2) is 34.5 Å². The van der Waals surface area contributed by atoms with Crippen LogP contribution in [0.3, 0.4) is 0 Å². The molecule has 2 aromatic carbocycles. The molecule has 10 nitrogen and oxygen atoms in total. The van der Waals surface area contributed by atoms with E-state index >= 15 is 0 Å². The SMILES string of the molecule is Nc1cc(C2CC2)n(C(O)c2c(Cl)cccc2OCc2cc(=O)n3[nH]c(-c4ccccc4)nc3n2)n1. The maximum absolute atomic E-state index is 12.7. The zero-order valence-electron chi connectivity index (χ0n) is 19.0. The van der Waals surface area contributed by atoms with E-state index in [1.165, 1.54) is 15.3 Å². The molecule has 0 spiro atoms. The highest BCUT2D eigenvalue weighted by Crippen LogP contribution is 2.43. The van der Waals surface area contributed by atoms with Gasteiger partial charge >= 0.3 is 0 Å². The molecule has 3 aromatic heterocycles. The topological polar surface area (TPSA) is 136 Å². The number of aromatic nitrogens is 6. The van der Waals surface area contributed by atoms with E-state index in [-0.39, 0.29) is 17.9 Å². The Kier molecular flexibility index (Phi) is 5.46. The fourth-order valence-electron chi connectivity index (χ4n) is 4.20. The minimum Gasteiger partial charge on any atom is -0.487 e. The number of nitrogens with one attached hydrogen (secondary N) is 1. The number of hydrogen-bond acceptors (Lipinski definition) is 7. The van der Waals surface area contributed by atoms with Gasteiger partial charge in [0.2, 0.25) is 0 Å². The smallest absolute Gasteiger partial charge is 0.274 e. The van der Waals surface area contributed by atoms with Crippen LogP contribution < -0.4 is 16.0 Å². The normalized spacial score (nSPS) is 14.3. The minimum absolute atomic E-state index is 0.0317. The van der Waals surface area contributed by atoms with E-state index in [4.69, 9.17) is 22.1 Å². The lowest BCUT2D eigenvalue weighted by molar-refractivity contribution is 0.123. The molecule has 6 rings (SSSR count). The van der Waals surface area contributed by atoms with Crippen LogP contribution in [0.4, 0.5) is 5.82 Å². The van der Waals surface area contributed by atoms with Gasteiger partial charge in [0.25, 0.3) is 11.3 Å². The Morgan fingerprint density at radius 1 is 1.14 bits per heavy atom. The number of aromatic amines is 1. The predicted molar refractivity (Wildman–Crippen MR) is 134 cm³/mol. The third-order valence-electron chi connectivity index (χ3n) is 6.09. The number of aliphatic hydroxyl groups is 1. The van der Waals surface area contributed by atoms with Gasteiger partial charge in [-0.1, -0.05) is 48.0 Å². The second kappa shape index (κ2) is 8.81. The first-order valence-electron chi connectivity index (χ1n) is 11.5. The molecule has 0 radical (unpaired) electrons. The Morgan fingerprint density at radius 2 is 1.94 bits per heavy atom. The number of anilines is 1.